The second-order valence-corrected chi connectivity index (χ2v) is 11.0. The molecular formula is C31H31F7N6O6. The number of amides is 3. The summed E-state index contributed by atoms with van der Waals surface area (Å²) < 4.78 is 110. The van der Waals surface area contributed by atoms with Crippen molar-refractivity contribution in [2.24, 2.45) is 0 Å². The number of nitrogens with one attached hydrogen (secondary N) is 4. The molecule has 4 rings (SSSR count). The number of anilines is 1. The molecule has 3 heterocycles. The molecule has 0 radical (unpaired) electrons. The van der Waals surface area contributed by atoms with Crippen LogP contribution in [0.5, 0.6) is 0 Å². The van der Waals surface area contributed by atoms with Gasteiger partial charge in [-0.2, -0.15) is 13.2 Å². The first-order valence-corrected chi connectivity index (χ1v) is 14.9. The predicted octanol–water partition coefficient (Wildman–Crippen LogP) is 4.11. The fraction of sp³-hybridized carbons (Fsp3) is 0.387. The van der Waals surface area contributed by atoms with E-state index in [1.54, 1.807) is 5.32 Å². The van der Waals surface area contributed by atoms with E-state index in [9.17, 15) is 40.7 Å². The van der Waals surface area contributed by atoms with Gasteiger partial charge in [-0.05, 0) is 42.2 Å². The number of carbonyl (C=O) groups excluding carboxylic acids is 3. The maximum absolute atomic E-state index is 15.1. The molecule has 19 heteroatoms. The van der Waals surface area contributed by atoms with Crippen molar-refractivity contribution in [1.29, 1.82) is 0 Å². The summed E-state index contributed by atoms with van der Waals surface area (Å²) in [5, 5.41) is 9.44. The minimum Gasteiger partial charge on any atom is -0.453 e. The normalized spacial score (nSPS) is 17.3. The molecule has 1 aliphatic heterocycles. The molecule has 12 nitrogen and oxygen atoms in total. The van der Waals surface area contributed by atoms with E-state index in [0.29, 0.717) is 0 Å². The molecule has 1 aromatic carbocycles. The minimum absolute atomic E-state index is 0.00209. The summed E-state index contributed by atoms with van der Waals surface area (Å²) in [6.07, 6.45) is -3.14. The number of rotatable bonds is 12. The highest BCUT2D eigenvalue weighted by Gasteiger charge is 2.35. The Morgan fingerprint density at radius 1 is 0.980 bits per heavy atom. The highest BCUT2D eigenvalue weighted by Crippen LogP contribution is 2.31. The summed E-state index contributed by atoms with van der Waals surface area (Å²) in [5.74, 6) is -6.45. The standard InChI is InChI=1S/C31H31F7N6O6/c1-48-30(47)44-27(26(17-6-18(32)9-39-8-17)16-2-5-22(33)23(34)7-16)28(45)43-25-12-40-11-24(35)21(25)4-3-20-10-41-19(13-49-20)14-50-29(46)42-15-31(36,37)38/h2,5-9,11-12,19-20,26-27,41H,3-4,10,13-15H2,1H3,(H,42,46)(H,43,45)(H,44,47)/t19-,20+,26-,27-/m0/s1. The van der Waals surface area contributed by atoms with E-state index in [1.165, 1.54) is 6.20 Å². The maximum Gasteiger partial charge on any atom is 0.407 e. The Morgan fingerprint density at radius 3 is 2.40 bits per heavy atom. The summed E-state index contributed by atoms with van der Waals surface area (Å²) in [4.78, 5) is 45.3. The van der Waals surface area contributed by atoms with Crippen molar-refractivity contribution in [2.45, 2.75) is 43.1 Å². The van der Waals surface area contributed by atoms with Gasteiger partial charge in [0, 0.05) is 24.2 Å². The van der Waals surface area contributed by atoms with Crippen molar-refractivity contribution in [3.63, 3.8) is 0 Å². The molecule has 0 spiro atoms. The van der Waals surface area contributed by atoms with Crippen LogP contribution in [-0.2, 0) is 25.4 Å². The topological polar surface area (TPSA) is 153 Å². The van der Waals surface area contributed by atoms with Crippen molar-refractivity contribution in [2.75, 3.05) is 38.7 Å². The van der Waals surface area contributed by atoms with E-state index >= 15 is 4.39 Å². The van der Waals surface area contributed by atoms with Gasteiger partial charge < -0.3 is 35.5 Å². The minimum atomic E-state index is -4.59. The molecule has 0 bridgehead atoms. The maximum atomic E-state index is 15.1. The van der Waals surface area contributed by atoms with Crippen LogP contribution in [0.15, 0.2) is 49.1 Å². The third kappa shape index (κ3) is 10.7. The lowest BCUT2D eigenvalue weighted by molar-refractivity contribution is -0.124. The van der Waals surface area contributed by atoms with Crippen LogP contribution in [0.2, 0.25) is 0 Å². The second kappa shape index (κ2) is 17.1. The molecule has 1 saturated heterocycles. The summed E-state index contributed by atoms with van der Waals surface area (Å²) in [7, 11) is 1.02. The molecule has 4 N–H and O–H groups in total. The molecule has 0 saturated carbocycles. The number of alkyl halides is 3. The lowest BCUT2D eigenvalue weighted by atomic mass is 9.85. The molecule has 3 aromatic rings. The third-order valence-corrected chi connectivity index (χ3v) is 7.46. The van der Waals surface area contributed by atoms with E-state index in [2.05, 4.69) is 30.7 Å². The van der Waals surface area contributed by atoms with Crippen molar-refractivity contribution in [1.82, 2.24) is 25.9 Å². The number of methoxy groups -OCH3 is 1. The zero-order chi connectivity index (χ0) is 36.4. The zero-order valence-electron chi connectivity index (χ0n) is 26.2. The molecule has 1 fully saturated rings. The molecule has 0 aliphatic carbocycles. The number of alkyl carbamates (subject to hydrolysis) is 2. The number of halogens is 7. The van der Waals surface area contributed by atoms with Crippen LogP contribution in [0.25, 0.3) is 0 Å². The molecule has 4 atom stereocenters. The van der Waals surface area contributed by atoms with Gasteiger partial charge in [0.15, 0.2) is 11.6 Å². The van der Waals surface area contributed by atoms with Crippen LogP contribution in [0.3, 0.4) is 0 Å². The smallest absolute Gasteiger partial charge is 0.407 e. The molecule has 50 heavy (non-hydrogen) atoms. The van der Waals surface area contributed by atoms with Crippen LogP contribution in [0.1, 0.15) is 29.0 Å². The van der Waals surface area contributed by atoms with Gasteiger partial charge in [0.25, 0.3) is 0 Å². The van der Waals surface area contributed by atoms with E-state index in [4.69, 9.17) is 9.47 Å². The Hall–Kier alpha value is -5.04. The number of carbonyl (C=O) groups is 3. The van der Waals surface area contributed by atoms with E-state index in [0.717, 1.165) is 50.0 Å². The van der Waals surface area contributed by atoms with E-state index in [-0.39, 0.29) is 55.0 Å². The number of morpholine rings is 1. The highest BCUT2D eigenvalue weighted by atomic mass is 19.4. The van der Waals surface area contributed by atoms with Crippen molar-refractivity contribution in [3.8, 4) is 0 Å². The Bertz CT molecular complexity index is 1660. The van der Waals surface area contributed by atoms with Crippen molar-refractivity contribution < 1.29 is 59.3 Å². The van der Waals surface area contributed by atoms with Gasteiger partial charge >= 0.3 is 18.4 Å². The number of hydrogen-bond acceptors (Lipinski definition) is 9. The Morgan fingerprint density at radius 2 is 1.74 bits per heavy atom. The summed E-state index contributed by atoms with van der Waals surface area (Å²) in [6.45, 7) is -1.60. The van der Waals surface area contributed by atoms with E-state index < -0.39 is 78.2 Å². The predicted molar refractivity (Wildman–Crippen MR) is 160 cm³/mol. The molecule has 3 amide bonds. The molecule has 2 aromatic heterocycles. The van der Waals surface area contributed by atoms with Crippen LogP contribution in [0, 0.1) is 23.3 Å². The van der Waals surface area contributed by atoms with Gasteiger partial charge in [-0.3, -0.25) is 14.8 Å². The molecule has 270 valence electrons. The first-order chi connectivity index (χ1) is 23.7. The van der Waals surface area contributed by atoms with Gasteiger partial charge in [-0.1, -0.05) is 6.07 Å². The van der Waals surface area contributed by atoms with Crippen LogP contribution < -0.4 is 21.3 Å². The molecule has 1 aliphatic rings. The lowest BCUT2D eigenvalue weighted by Gasteiger charge is -2.30. The zero-order valence-corrected chi connectivity index (χ0v) is 26.2. The number of ether oxygens (including phenoxy) is 3. The summed E-state index contributed by atoms with van der Waals surface area (Å²) >= 11 is 0. The fourth-order valence-corrected chi connectivity index (χ4v) is 5.07. The van der Waals surface area contributed by atoms with E-state index in [1.807, 2.05) is 0 Å². The van der Waals surface area contributed by atoms with Gasteiger partial charge in [-0.25, -0.2) is 27.2 Å². The van der Waals surface area contributed by atoms with Crippen LogP contribution >= 0.6 is 0 Å². The monoisotopic (exact) mass is 716 g/mol. The number of aromatic nitrogens is 2. The number of benzene rings is 1. The largest absolute Gasteiger partial charge is 0.453 e. The first-order valence-electron chi connectivity index (χ1n) is 14.9. The average molecular weight is 717 g/mol. The van der Waals surface area contributed by atoms with Gasteiger partial charge in [-0.15, -0.1) is 0 Å². The SMILES string of the molecule is COC(=O)N[C@H](C(=O)Nc1cncc(F)c1CC[C@@H]1CN[C@H](COC(=O)NCC(F)(F)F)CO1)[C@H](c1cncc(F)c1)c1ccc(F)c(F)c1. The Balaban J connectivity index is 1.47. The van der Waals surface area contributed by atoms with Gasteiger partial charge in [0.05, 0.1) is 50.1 Å². The Labute approximate surface area is 280 Å². The van der Waals surface area contributed by atoms with Crippen molar-refractivity contribution >= 4 is 23.8 Å². The van der Waals surface area contributed by atoms with Gasteiger partial charge in [0.1, 0.15) is 30.8 Å². The summed E-state index contributed by atoms with van der Waals surface area (Å²) in [5.41, 5.74) is -0.152. The summed E-state index contributed by atoms with van der Waals surface area (Å²) in [6, 6.07) is 1.50. The van der Waals surface area contributed by atoms with Gasteiger partial charge in [0.2, 0.25) is 5.91 Å². The van der Waals surface area contributed by atoms with Crippen molar-refractivity contribution in [3.05, 3.63) is 89.0 Å². The second-order valence-electron chi connectivity index (χ2n) is 11.0. The number of pyridine rings is 2. The highest BCUT2D eigenvalue weighted by molar-refractivity contribution is 5.98. The van der Waals surface area contributed by atoms with Crippen LogP contribution in [-0.4, -0.2) is 85.8 Å². The van der Waals surface area contributed by atoms with Crippen LogP contribution in [0.4, 0.5) is 46.0 Å². The fourth-order valence-electron chi connectivity index (χ4n) is 5.07. The third-order valence-electron chi connectivity index (χ3n) is 7.46. The lowest BCUT2D eigenvalue weighted by Crippen LogP contribution is -2.49. The number of nitrogens with zero attached hydrogens (tertiary/aromatic N) is 2. The quantitative estimate of drug-likeness (QED) is 0.203. The average Bonchev–Trinajstić information content (AvgIpc) is 3.07. The Kier molecular flexibility index (Phi) is 12.9. The first kappa shape index (κ1) is 37.8. The number of hydrogen-bond donors (Lipinski definition) is 4. The molecule has 0 unspecified atom stereocenters. The molecular weight excluding hydrogens is 685 g/mol.